The molecule has 0 spiro atoms. The molecule has 2 fully saturated rings. The van der Waals surface area contributed by atoms with Gasteiger partial charge in [0.25, 0.3) is 5.91 Å². The lowest BCUT2D eigenvalue weighted by Gasteiger charge is -2.34. The molecule has 0 unspecified atom stereocenters. The zero-order chi connectivity index (χ0) is 22.2. The number of fused-ring (bicyclic) bond motifs is 1. The number of benzene rings is 2. The lowest BCUT2D eigenvalue weighted by molar-refractivity contribution is -0.115. The van der Waals surface area contributed by atoms with Gasteiger partial charge < -0.3 is 14.8 Å². The van der Waals surface area contributed by atoms with Crippen LogP contribution in [0.15, 0.2) is 48.5 Å². The molecule has 0 atom stereocenters. The smallest absolute Gasteiger partial charge is 0.329 e. The highest BCUT2D eigenvalue weighted by atomic mass is 19.1. The van der Waals surface area contributed by atoms with Crippen LogP contribution in [0, 0.1) is 12.7 Å². The number of nitrogens with zero attached hydrogens (tertiary/aromatic N) is 3. The number of carbonyl (C=O) groups excluding carboxylic acids is 2. The second-order valence-electron chi connectivity index (χ2n) is 8.74. The number of aromatic nitrogens is 1. The molecule has 166 valence electrons. The summed E-state index contributed by atoms with van der Waals surface area (Å²) < 4.78 is 15.5. The minimum atomic E-state index is -0.362. The molecule has 3 aromatic rings. The van der Waals surface area contributed by atoms with Gasteiger partial charge in [-0.15, -0.1) is 0 Å². The Balaban J connectivity index is 1.30. The SMILES string of the molecule is Cc1cc2ccc(N3C(=O)CNC3=O)cc2n1C1CCN(CCc2ccc(F)cc2)CC1. The Morgan fingerprint density at radius 1 is 1.03 bits per heavy atom. The molecule has 3 amide bonds. The highest BCUT2D eigenvalue weighted by Gasteiger charge is 2.30. The number of carbonyl (C=O) groups is 2. The van der Waals surface area contributed by atoms with Gasteiger partial charge in [-0.3, -0.25) is 4.79 Å². The highest BCUT2D eigenvalue weighted by Crippen LogP contribution is 2.33. The molecule has 7 heteroatoms. The summed E-state index contributed by atoms with van der Waals surface area (Å²) >= 11 is 0. The maximum absolute atomic E-state index is 13.1. The van der Waals surface area contributed by atoms with Gasteiger partial charge in [0.2, 0.25) is 0 Å². The third-order valence-corrected chi connectivity index (χ3v) is 6.67. The number of likely N-dealkylation sites (tertiary alicyclic amines) is 1. The molecular weight excluding hydrogens is 407 g/mol. The van der Waals surface area contributed by atoms with Gasteiger partial charge in [0.15, 0.2) is 0 Å². The molecule has 2 aliphatic heterocycles. The lowest BCUT2D eigenvalue weighted by Crippen LogP contribution is -2.36. The maximum Gasteiger partial charge on any atom is 0.329 e. The average molecular weight is 435 g/mol. The number of imide groups is 1. The van der Waals surface area contributed by atoms with Gasteiger partial charge in [-0.2, -0.15) is 0 Å². The molecule has 1 N–H and O–H groups in total. The van der Waals surface area contributed by atoms with Gasteiger partial charge in [-0.25, -0.2) is 14.1 Å². The van der Waals surface area contributed by atoms with Crippen LogP contribution in [-0.2, 0) is 11.2 Å². The first-order chi connectivity index (χ1) is 15.5. The van der Waals surface area contributed by atoms with Gasteiger partial charge >= 0.3 is 6.03 Å². The Morgan fingerprint density at radius 2 is 1.78 bits per heavy atom. The fraction of sp³-hybridized carbons (Fsp3) is 0.360. The van der Waals surface area contributed by atoms with E-state index in [1.807, 2.05) is 30.3 Å². The number of rotatable bonds is 5. The van der Waals surface area contributed by atoms with E-state index in [-0.39, 0.29) is 24.3 Å². The molecule has 0 saturated carbocycles. The second kappa shape index (κ2) is 8.39. The number of nitrogens with one attached hydrogen (secondary N) is 1. The van der Waals surface area contributed by atoms with Crippen molar-refractivity contribution in [2.45, 2.75) is 32.2 Å². The first-order valence-corrected chi connectivity index (χ1v) is 11.2. The van der Waals surface area contributed by atoms with Gasteiger partial charge in [0, 0.05) is 36.8 Å². The number of halogens is 1. The van der Waals surface area contributed by atoms with Crippen LogP contribution >= 0.6 is 0 Å². The minimum Gasteiger partial charge on any atom is -0.342 e. The number of aryl methyl sites for hydroxylation is 1. The molecule has 0 bridgehead atoms. The fourth-order valence-corrected chi connectivity index (χ4v) is 4.99. The number of urea groups is 1. The van der Waals surface area contributed by atoms with E-state index in [9.17, 15) is 14.0 Å². The molecule has 2 saturated heterocycles. The zero-order valence-corrected chi connectivity index (χ0v) is 18.2. The van der Waals surface area contributed by atoms with Gasteiger partial charge in [-0.1, -0.05) is 18.2 Å². The monoisotopic (exact) mass is 434 g/mol. The molecule has 2 aromatic carbocycles. The summed E-state index contributed by atoms with van der Waals surface area (Å²) in [7, 11) is 0. The van der Waals surface area contributed by atoms with Crippen molar-refractivity contribution in [3.05, 3.63) is 65.6 Å². The average Bonchev–Trinajstić information content (AvgIpc) is 3.30. The predicted molar refractivity (Wildman–Crippen MR) is 122 cm³/mol. The van der Waals surface area contributed by atoms with E-state index in [0.29, 0.717) is 11.7 Å². The normalized spacial score (nSPS) is 18.0. The third-order valence-electron chi connectivity index (χ3n) is 6.67. The van der Waals surface area contributed by atoms with Crippen LogP contribution in [-0.4, -0.2) is 47.6 Å². The van der Waals surface area contributed by atoms with Crippen LogP contribution in [0.5, 0.6) is 0 Å². The van der Waals surface area contributed by atoms with Crippen LogP contribution in [0.25, 0.3) is 10.9 Å². The van der Waals surface area contributed by atoms with Crippen LogP contribution in [0.3, 0.4) is 0 Å². The Bertz CT molecular complexity index is 1150. The Morgan fingerprint density at radius 3 is 2.47 bits per heavy atom. The first kappa shape index (κ1) is 20.7. The molecule has 1 aromatic heterocycles. The molecule has 32 heavy (non-hydrogen) atoms. The largest absolute Gasteiger partial charge is 0.342 e. The van der Waals surface area contributed by atoms with E-state index in [1.54, 1.807) is 0 Å². The third kappa shape index (κ3) is 3.88. The van der Waals surface area contributed by atoms with Crippen molar-refractivity contribution < 1.29 is 14.0 Å². The van der Waals surface area contributed by atoms with Crippen LogP contribution in [0.1, 0.15) is 30.1 Å². The molecule has 3 heterocycles. The van der Waals surface area contributed by atoms with Crippen molar-refractivity contribution in [2.24, 2.45) is 0 Å². The maximum atomic E-state index is 13.1. The molecule has 5 rings (SSSR count). The number of amides is 3. The van der Waals surface area contributed by atoms with E-state index in [4.69, 9.17) is 0 Å². The Hall–Kier alpha value is -3.19. The number of hydrogen-bond donors (Lipinski definition) is 1. The van der Waals surface area contributed by atoms with Crippen LogP contribution in [0.4, 0.5) is 14.9 Å². The number of piperidine rings is 1. The quantitative estimate of drug-likeness (QED) is 0.617. The van der Waals surface area contributed by atoms with Crippen molar-refractivity contribution in [3.63, 3.8) is 0 Å². The first-order valence-electron chi connectivity index (χ1n) is 11.2. The van der Waals surface area contributed by atoms with Crippen LogP contribution in [0.2, 0.25) is 0 Å². The second-order valence-corrected chi connectivity index (χ2v) is 8.74. The number of hydrogen-bond acceptors (Lipinski definition) is 3. The predicted octanol–water partition coefficient (Wildman–Crippen LogP) is 4.02. The summed E-state index contributed by atoms with van der Waals surface area (Å²) in [5.74, 6) is -0.416. The van der Waals surface area contributed by atoms with Gasteiger partial charge in [0.1, 0.15) is 5.82 Å². The fourth-order valence-electron chi connectivity index (χ4n) is 4.99. The summed E-state index contributed by atoms with van der Waals surface area (Å²) in [6, 6.07) is 14.8. The van der Waals surface area contributed by atoms with Gasteiger partial charge in [-0.05, 0) is 62.1 Å². The van der Waals surface area contributed by atoms with Crippen LogP contribution < -0.4 is 10.2 Å². The van der Waals surface area contributed by atoms with Crippen molar-refractivity contribution >= 4 is 28.5 Å². The van der Waals surface area contributed by atoms with E-state index < -0.39 is 0 Å². The summed E-state index contributed by atoms with van der Waals surface area (Å²) in [5.41, 5.74) is 4.04. The van der Waals surface area contributed by atoms with E-state index in [2.05, 4.69) is 27.8 Å². The Labute approximate surface area is 186 Å². The van der Waals surface area contributed by atoms with E-state index >= 15 is 0 Å². The van der Waals surface area contributed by atoms with Crippen molar-refractivity contribution in [3.8, 4) is 0 Å². The summed E-state index contributed by atoms with van der Waals surface area (Å²) in [4.78, 5) is 27.9. The number of anilines is 1. The van der Waals surface area contributed by atoms with Crippen molar-refractivity contribution in [1.82, 2.24) is 14.8 Å². The van der Waals surface area contributed by atoms with Crippen molar-refractivity contribution in [1.29, 1.82) is 0 Å². The molecule has 6 nitrogen and oxygen atoms in total. The topological polar surface area (TPSA) is 57.6 Å². The summed E-state index contributed by atoms with van der Waals surface area (Å²) in [6.07, 6.45) is 3.01. The molecule has 0 aliphatic carbocycles. The summed E-state index contributed by atoms with van der Waals surface area (Å²) in [6.45, 7) is 5.16. The summed E-state index contributed by atoms with van der Waals surface area (Å²) in [5, 5.41) is 3.71. The van der Waals surface area contributed by atoms with Gasteiger partial charge in [0.05, 0.1) is 17.7 Å². The lowest BCUT2D eigenvalue weighted by atomic mass is 10.0. The molecule has 0 radical (unpaired) electrons. The van der Waals surface area contributed by atoms with E-state index in [1.165, 1.54) is 22.7 Å². The molecular formula is C25H27FN4O2. The van der Waals surface area contributed by atoms with Crippen molar-refractivity contribution in [2.75, 3.05) is 31.1 Å². The highest BCUT2D eigenvalue weighted by molar-refractivity contribution is 6.20. The standard InChI is InChI=1S/C25H27FN4O2/c1-17-14-19-4-7-22(30-24(31)16-27-25(30)32)15-23(19)29(17)21-9-12-28(13-10-21)11-8-18-2-5-20(26)6-3-18/h2-7,14-15,21H,8-13,16H2,1H3,(H,27,32). The zero-order valence-electron chi connectivity index (χ0n) is 18.2. The molecule has 2 aliphatic rings. The minimum absolute atomic E-state index is 0.0489. The Kier molecular flexibility index (Phi) is 5.43. The van der Waals surface area contributed by atoms with E-state index in [0.717, 1.165) is 55.4 Å².